The Labute approximate surface area is 249 Å². The average molecular weight is 653 g/mol. The molecular formula is C23H29N9O10P2+2. The van der Waals surface area contributed by atoms with Crippen LogP contribution in [0.2, 0.25) is 0 Å². The molecule has 2 fully saturated rings. The Morgan fingerprint density at radius 3 is 2.70 bits per heavy atom. The van der Waals surface area contributed by atoms with E-state index in [1.807, 2.05) is 4.57 Å². The molecule has 0 amide bonds. The van der Waals surface area contributed by atoms with Crippen molar-refractivity contribution in [2.75, 3.05) is 31.8 Å². The number of aliphatic hydroxyl groups is 1. The van der Waals surface area contributed by atoms with E-state index >= 15 is 0 Å². The Balaban J connectivity index is 1.17. The summed E-state index contributed by atoms with van der Waals surface area (Å²) in [6.07, 6.45) is 0.438. The summed E-state index contributed by atoms with van der Waals surface area (Å²) >= 11 is 0. The standard InChI is InChI=1S/C23H27N9O10P2/c1-38-16-14(7-39-43(35)36)41-22(32-9-28-15-20(32)29-23(25)30-21(15)34)17(16)42-44(37)40-6-10-4-12(13(33)5-10)31-3-2-11-18(24)26-8-27-19(11)31/h2-3,8-10,12-14,16-17,22,33H,4-7H2,1H3,(H4-2,24,25,26,27,29,30,34,35,36)/p+2/t10-,12+,13+,14+,16+,17+,22+/m0/s1. The zero-order valence-electron chi connectivity index (χ0n) is 23.1. The number of nitrogens with two attached hydrogens (primary N) is 2. The molecule has 0 aromatic carbocycles. The highest BCUT2D eigenvalue weighted by atomic mass is 31.1. The number of aromatic amines is 1. The lowest BCUT2D eigenvalue weighted by molar-refractivity contribution is -0.0486. The van der Waals surface area contributed by atoms with E-state index in [0.29, 0.717) is 29.7 Å². The van der Waals surface area contributed by atoms with Crippen LogP contribution in [0.4, 0.5) is 11.8 Å². The van der Waals surface area contributed by atoms with Crippen molar-refractivity contribution in [1.29, 1.82) is 0 Å². The third-order valence-corrected chi connectivity index (χ3v) is 8.89. The van der Waals surface area contributed by atoms with E-state index in [4.69, 9.17) is 39.4 Å². The summed E-state index contributed by atoms with van der Waals surface area (Å²) in [7, 11) is -4.37. The van der Waals surface area contributed by atoms with E-state index in [9.17, 15) is 19.0 Å². The third-order valence-electron chi connectivity index (χ3n) is 7.75. The van der Waals surface area contributed by atoms with Crippen molar-refractivity contribution in [3.63, 3.8) is 0 Å². The molecule has 1 aliphatic heterocycles. The Morgan fingerprint density at radius 2 is 1.93 bits per heavy atom. The maximum Gasteiger partial charge on any atom is 0.697 e. The van der Waals surface area contributed by atoms with E-state index in [2.05, 4.69) is 24.9 Å². The van der Waals surface area contributed by atoms with Gasteiger partial charge >= 0.3 is 16.5 Å². The number of nitrogen functional groups attached to an aromatic ring is 2. The summed E-state index contributed by atoms with van der Waals surface area (Å²) < 4.78 is 55.4. The lowest BCUT2D eigenvalue weighted by atomic mass is 10.1. The Hall–Kier alpha value is -3.51. The van der Waals surface area contributed by atoms with Gasteiger partial charge in [-0.05, 0) is 24.8 Å². The molecule has 7 N–H and O–H groups in total. The second-order valence-corrected chi connectivity index (χ2v) is 12.0. The summed E-state index contributed by atoms with van der Waals surface area (Å²) in [5.41, 5.74) is 11.7. The molecule has 5 heterocycles. The minimum Gasteiger partial charge on any atom is -0.391 e. The summed E-state index contributed by atoms with van der Waals surface area (Å²) in [6, 6.07) is 1.48. The summed E-state index contributed by atoms with van der Waals surface area (Å²) in [5.74, 6) is 0.00419. The molecule has 1 saturated heterocycles. The van der Waals surface area contributed by atoms with Crippen LogP contribution < -0.4 is 17.0 Å². The monoisotopic (exact) mass is 653 g/mol. The molecule has 0 bridgehead atoms. The van der Waals surface area contributed by atoms with Gasteiger partial charge in [-0.1, -0.05) is 0 Å². The predicted molar refractivity (Wildman–Crippen MR) is 151 cm³/mol. The normalized spacial score (nSPS) is 27.8. The smallest absolute Gasteiger partial charge is 0.391 e. The maximum atomic E-state index is 13.1. The lowest BCUT2D eigenvalue weighted by Gasteiger charge is -2.18. The zero-order valence-corrected chi connectivity index (χ0v) is 24.9. The third kappa shape index (κ3) is 5.81. The molecule has 21 heteroatoms. The summed E-state index contributed by atoms with van der Waals surface area (Å²) in [5, 5.41) is 11.5. The van der Waals surface area contributed by atoms with Crippen LogP contribution in [0.3, 0.4) is 0 Å². The van der Waals surface area contributed by atoms with Gasteiger partial charge in [0, 0.05) is 22.4 Å². The van der Waals surface area contributed by atoms with Gasteiger partial charge in [0.1, 0.15) is 43.2 Å². The van der Waals surface area contributed by atoms with Gasteiger partial charge < -0.3 is 30.6 Å². The van der Waals surface area contributed by atoms with Gasteiger partial charge in [0.25, 0.3) is 5.56 Å². The van der Waals surface area contributed by atoms with E-state index < -0.39 is 52.7 Å². The van der Waals surface area contributed by atoms with Crippen molar-refractivity contribution >= 4 is 50.5 Å². The van der Waals surface area contributed by atoms with Crippen molar-refractivity contribution in [2.45, 2.75) is 49.5 Å². The van der Waals surface area contributed by atoms with E-state index in [0.717, 1.165) is 0 Å². The average Bonchev–Trinajstić information content (AvgIpc) is 3.75. The number of fused-ring (bicyclic) bond motifs is 2. The molecule has 4 aromatic rings. The number of rotatable bonds is 11. The molecule has 2 aliphatic rings. The molecule has 4 aromatic heterocycles. The molecule has 2 unspecified atom stereocenters. The van der Waals surface area contributed by atoms with Crippen molar-refractivity contribution in [3.8, 4) is 0 Å². The van der Waals surface area contributed by atoms with Gasteiger partial charge in [-0.2, -0.15) is 4.98 Å². The molecule has 1 aliphatic carbocycles. The minimum absolute atomic E-state index is 0.00792. The molecule has 6 rings (SSSR count). The number of nitrogens with zero attached hydrogens (tertiary/aromatic N) is 6. The molecule has 1 saturated carbocycles. The fraction of sp³-hybridized carbons (Fsp3) is 0.522. The van der Waals surface area contributed by atoms with Gasteiger partial charge in [-0.15, -0.1) is 18.5 Å². The number of hydrogen-bond acceptors (Lipinski definition) is 15. The highest BCUT2D eigenvalue weighted by molar-refractivity contribution is 7.33. The lowest BCUT2D eigenvalue weighted by Crippen LogP contribution is -2.36. The van der Waals surface area contributed by atoms with Crippen molar-refractivity contribution in [1.82, 2.24) is 34.1 Å². The molecule has 0 radical (unpaired) electrons. The van der Waals surface area contributed by atoms with Gasteiger partial charge in [-0.25, -0.2) is 15.0 Å². The van der Waals surface area contributed by atoms with E-state index in [-0.39, 0.29) is 42.3 Å². The SMILES string of the molecule is CO[C@H]1[C@@H](O[P+](=O)OC[C@@H]2C[C@@H](O)[C@H](n3ccc4c(N)ncnc43)C2)[C@H](n2cnc3c(=O)[nH]c(N)nc32)O[C@@H]1CO[P+](=O)O. The number of nitrogens with one attached hydrogen (secondary N) is 1. The second-order valence-electron chi connectivity index (χ2n) is 10.4. The second kappa shape index (κ2) is 12.5. The minimum atomic E-state index is -2.95. The number of imidazole rings is 1. The van der Waals surface area contributed by atoms with E-state index in [1.165, 1.54) is 24.3 Å². The Kier molecular flexibility index (Phi) is 8.65. The van der Waals surface area contributed by atoms with Gasteiger partial charge in [0.15, 0.2) is 23.5 Å². The number of hydrogen-bond donors (Lipinski definition) is 5. The van der Waals surface area contributed by atoms with Crippen LogP contribution in [0, 0.1) is 5.92 Å². The van der Waals surface area contributed by atoms with Crippen LogP contribution in [-0.4, -0.2) is 88.8 Å². The first-order valence-electron chi connectivity index (χ1n) is 13.4. The number of aromatic nitrogens is 7. The first-order valence-corrected chi connectivity index (χ1v) is 15.6. The number of ether oxygens (including phenoxy) is 2. The van der Waals surface area contributed by atoms with Crippen molar-refractivity contribution < 1.29 is 42.2 Å². The zero-order chi connectivity index (χ0) is 31.1. The van der Waals surface area contributed by atoms with Crippen molar-refractivity contribution in [2.24, 2.45) is 5.92 Å². The van der Waals surface area contributed by atoms with Crippen LogP contribution in [-0.2, 0) is 32.2 Å². The summed E-state index contributed by atoms with van der Waals surface area (Å²) in [6.45, 7) is -0.360. The number of methoxy groups -OCH3 is 1. The van der Waals surface area contributed by atoms with E-state index in [1.54, 1.807) is 12.3 Å². The Morgan fingerprint density at radius 1 is 1.11 bits per heavy atom. The maximum absolute atomic E-state index is 13.1. The fourth-order valence-electron chi connectivity index (χ4n) is 5.81. The van der Waals surface area contributed by atoms with Gasteiger partial charge in [-0.3, -0.25) is 14.3 Å². The highest BCUT2D eigenvalue weighted by Crippen LogP contribution is 2.43. The van der Waals surface area contributed by atoms with Crippen LogP contribution in [0.15, 0.2) is 29.7 Å². The molecule has 19 nitrogen and oxygen atoms in total. The first kappa shape index (κ1) is 30.5. The molecule has 44 heavy (non-hydrogen) atoms. The molecule has 9 atom stereocenters. The van der Waals surface area contributed by atoms with Crippen LogP contribution in [0.1, 0.15) is 25.1 Å². The fourth-order valence-corrected chi connectivity index (χ4v) is 6.90. The predicted octanol–water partition coefficient (Wildman–Crippen LogP) is 0.679. The molecule has 234 valence electrons. The highest BCUT2D eigenvalue weighted by Gasteiger charge is 2.53. The van der Waals surface area contributed by atoms with Crippen LogP contribution >= 0.6 is 16.5 Å². The Bertz CT molecular complexity index is 1770. The number of anilines is 2. The number of aliphatic hydroxyl groups excluding tert-OH is 1. The summed E-state index contributed by atoms with van der Waals surface area (Å²) in [4.78, 5) is 40.4. The van der Waals surface area contributed by atoms with Crippen molar-refractivity contribution in [3.05, 3.63) is 35.3 Å². The molecular weight excluding hydrogens is 624 g/mol. The molecule has 0 spiro atoms. The van der Waals surface area contributed by atoms with Gasteiger partial charge in [0.2, 0.25) is 5.95 Å². The van der Waals surface area contributed by atoms with Crippen LogP contribution in [0.5, 0.6) is 0 Å². The number of H-pyrrole nitrogens is 1. The van der Waals surface area contributed by atoms with Crippen LogP contribution in [0.25, 0.3) is 22.2 Å². The van der Waals surface area contributed by atoms with Gasteiger partial charge in [0.05, 0.1) is 23.9 Å². The largest absolute Gasteiger partial charge is 0.697 e. The topological polar surface area (TPSA) is 267 Å². The first-order chi connectivity index (χ1) is 21.1. The quantitative estimate of drug-likeness (QED) is 0.139.